The van der Waals surface area contributed by atoms with Crippen molar-refractivity contribution in [3.05, 3.63) is 58.5 Å². The highest BCUT2D eigenvalue weighted by molar-refractivity contribution is 7.15. The predicted octanol–water partition coefficient (Wildman–Crippen LogP) is 2.90. The Morgan fingerprint density at radius 3 is 2.81 bits per heavy atom. The second-order valence-corrected chi connectivity index (χ2v) is 7.63. The highest BCUT2D eigenvalue weighted by Gasteiger charge is 2.11. The number of anilines is 1. The molecule has 0 spiro atoms. The Morgan fingerprint density at radius 2 is 2.06 bits per heavy atom. The number of nitrogens with two attached hydrogens (primary N) is 2. The maximum absolute atomic E-state index is 12.3. The first-order valence-electron chi connectivity index (χ1n) is 9.61. The topological polar surface area (TPSA) is 128 Å². The highest BCUT2D eigenvalue weighted by Crippen LogP contribution is 2.20. The normalized spacial score (nSPS) is 12.1. The number of rotatable bonds is 12. The molecular formula is C20H26F2N6O2S. The molecule has 6 N–H and O–H groups in total. The molecule has 31 heavy (non-hydrogen) atoms. The molecule has 0 saturated carbocycles. The SMILES string of the molecule is CN/C(N)=C/C=C(\N)CCCCc1nnc(NC(=O)Cc2cccc(OC(F)F)c2)s1. The van der Waals surface area contributed by atoms with Crippen LogP contribution in [0.2, 0.25) is 0 Å². The summed E-state index contributed by atoms with van der Waals surface area (Å²) in [6.45, 7) is -2.91. The summed E-state index contributed by atoms with van der Waals surface area (Å²) in [5.41, 5.74) is 12.9. The zero-order valence-electron chi connectivity index (χ0n) is 17.1. The number of amides is 1. The minimum atomic E-state index is -2.91. The van der Waals surface area contributed by atoms with Crippen LogP contribution in [0.3, 0.4) is 0 Å². The van der Waals surface area contributed by atoms with Crippen LogP contribution in [-0.2, 0) is 17.6 Å². The summed E-state index contributed by atoms with van der Waals surface area (Å²) >= 11 is 1.30. The van der Waals surface area contributed by atoms with Gasteiger partial charge in [-0.25, -0.2) is 0 Å². The monoisotopic (exact) mass is 452 g/mol. The van der Waals surface area contributed by atoms with Gasteiger partial charge < -0.3 is 26.8 Å². The first-order chi connectivity index (χ1) is 14.9. The lowest BCUT2D eigenvalue weighted by molar-refractivity contribution is -0.115. The lowest BCUT2D eigenvalue weighted by Crippen LogP contribution is -2.14. The number of halogens is 2. The molecule has 0 aliphatic heterocycles. The Kier molecular flexibility index (Phi) is 9.69. The summed E-state index contributed by atoms with van der Waals surface area (Å²) < 4.78 is 28.9. The molecule has 168 valence electrons. The second kappa shape index (κ2) is 12.5. The molecule has 0 unspecified atom stereocenters. The van der Waals surface area contributed by atoms with Crippen molar-refractivity contribution in [2.45, 2.75) is 38.7 Å². The number of carbonyl (C=O) groups excluding carboxylic acids is 1. The number of hydrogen-bond donors (Lipinski definition) is 4. The third-order valence-corrected chi connectivity index (χ3v) is 4.97. The average molecular weight is 453 g/mol. The Balaban J connectivity index is 1.75. The fourth-order valence-corrected chi connectivity index (χ4v) is 3.35. The number of hydrogen-bond acceptors (Lipinski definition) is 8. The van der Waals surface area contributed by atoms with E-state index in [2.05, 4.69) is 25.6 Å². The van der Waals surface area contributed by atoms with Crippen molar-refractivity contribution >= 4 is 22.4 Å². The summed E-state index contributed by atoms with van der Waals surface area (Å²) in [6.07, 6.45) is 6.73. The van der Waals surface area contributed by atoms with Crippen LogP contribution in [0.4, 0.5) is 13.9 Å². The van der Waals surface area contributed by atoms with Gasteiger partial charge in [-0.3, -0.25) is 4.79 Å². The van der Waals surface area contributed by atoms with Crippen molar-refractivity contribution in [1.29, 1.82) is 0 Å². The molecule has 2 rings (SSSR count). The molecule has 0 saturated heterocycles. The first kappa shape index (κ1) is 24.1. The van der Waals surface area contributed by atoms with Gasteiger partial charge in [0.15, 0.2) is 0 Å². The van der Waals surface area contributed by atoms with E-state index < -0.39 is 6.61 Å². The Bertz CT molecular complexity index is 917. The molecule has 0 aliphatic rings. The number of nitrogens with zero attached hydrogens (tertiary/aromatic N) is 2. The van der Waals surface area contributed by atoms with E-state index in [-0.39, 0.29) is 18.1 Å². The number of allylic oxidation sites excluding steroid dienone is 3. The molecule has 1 amide bonds. The molecule has 0 bridgehead atoms. The van der Waals surface area contributed by atoms with Gasteiger partial charge in [-0.05, 0) is 49.1 Å². The van der Waals surface area contributed by atoms with E-state index in [1.165, 1.54) is 23.5 Å². The third-order valence-electron chi connectivity index (χ3n) is 4.07. The van der Waals surface area contributed by atoms with Crippen LogP contribution in [0.1, 0.15) is 29.8 Å². The van der Waals surface area contributed by atoms with E-state index in [1.54, 1.807) is 31.3 Å². The van der Waals surface area contributed by atoms with E-state index in [1.807, 2.05) is 0 Å². The number of carbonyl (C=O) groups is 1. The van der Waals surface area contributed by atoms with Crippen molar-refractivity contribution in [3.8, 4) is 5.75 Å². The van der Waals surface area contributed by atoms with Crippen molar-refractivity contribution in [2.75, 3.05) is 12.4 Å². The predicted molar refractivity (Wildman–Crippen MR) is 116 cm³/mol. The fraction of sp³-hybridized carbons (Fsp3) is 0.350. The maximum Gasteiger partial charge on any atom is 0.387 e. The number of aryl methyl sites for hydroxylation is 1. The minimum absolute atomic E-state index is 0.00742. The highest BCUT2D eigenvalue weighted by atomic mass is 32.1. The number of nitrogens with one attached hydrogen (secondary N) is 2. The van der Waals surface area contributed by atoms with Crippen LogP contribution in [0.5, 0.6) is 5.75 Å². The van der Waals surface area contributed by atoms with Gasteiger partial charge in [0.1, 0.15) is 10.8 Å². The van der Waals surface area contributed by atoms with Crippen molar-refractivity contribution < 1.29 is 18.3 Å². The van der Waals surface area contributed by atoms with Gasteiger partial charge in [0.2, 0.25) is 11.0 Å². The zero-order valence-corrected chi connectivity index (χ0v) is 17.9. The third kappa shape index (κ3) is 9.43. The van der Waals surface area contributed by atoms with E-state index in [9.17, 15) is 13.6 Å². The summed E-state index contributed by atoms with van der Waals surface area (Å²) in [5.74, 6) is 0.236. The van der Waals surface area contributed by atoms with Crippen LogP contribution >= 0.6 is 11.3 Å². The van der Waals surface area contributed by atoms with Gasteiger partial charge >= 0.3 is 6.61 Å². The van der Waals surface area contributed by atoms with Gasteiger partial charge in [0, 0.05) is 19.2 Å². The van der Waals surface area contributed by atoms with Gasteiger partial charge in [0.25, 0.3) is 0 Å². The molecule has 2 aromatic rings. The van der Waals surface area contributed by atoms with Gasteiger partial charge in [-0.1, -0.05) is 23.5 Å². The van der Waals surface area contributed by atoms with Crippen LogP contribution in [0.15, 0.2) is 47.9 Å². The van der Waals surface area contributed by atoms with Gasteiger partial charge in [-0.2, -0.15) is 8.78 Å². The molecule has 0 atom stereocenters. The molecule has 1 aromatic carbocycles. The average Bonchev–Trinajstić information content (AvgIpc) is 3.16. The van der Waals surface area contributed by atoms with Crippen LogP contribution < -0.4 is 26.8 Å². The fourth-order valence-electron chi connectivity index (χ4n) is 2.55. The zero-order chi connectivity index (χ0) is 22.6. The van der Waals surface area contributed by atoms with Crippen molar-refractivity contribution in [1.82, 2.24) is 15.5 Å². The molecule has 8 nitrogen and oxygen atoms in total. The number of unbranched alkanes of at least 4 members (excludes halogenated alkanes) is 1. The Morgan fingerprint density at radius 1 is 1.26 bits per heavy atom. The molecule has 11 heteroatoms. The quantitative estimate of drug-likeness (QED) is 0.288. The van der Waals surface area contributed by atoms with E-state index in [0.717, 1.165) is 36.4 Å². The summed E-state index contributed by atoms with van der Waals surface area (Å²) in [7, 11) is 1.73. The van der Waals surface area contributed by atoms with Crippen LogP contribution in [-0.4, -0.2) is 29.8 Å². The molecule has 0 fully saturated rings. The van der Waals surface area contributed by atoms with Crippen LogP contribution in [0, 0.1) is 0 Å². The Hall–Kier alpha value is -3.21. The molecule has 0 aliphatic carbocycles. The van der Waals surface area contributed by atoms with Gasteiger partial charge in [-0.15, -0.1) is 10.2 Å². The van der Waals surface area contributed by atoms with E-state index in [4.69, 9.17) is 11.5 Å². The minimum Gasteiger partial charge on any atom is -0.435 e. The first-order valence-corrected chi connectivity index (χ1v) is 10.4. The lowest BCUT2D eigenvalue weighted by Gasteiger charge is -2.06. The van der Waals surface area contributed by atoms with E-state index >= 15 is 0 Å². The second-order valence-electron chi connectivity index (χ2n) is 6.57. The summed E-state index contributed by atoms with van der Waals surface area (Å²) in [5, 5.41) is 14.7. The van der Waals surface area contributed by atoms with Crippen molar-refractivity contribution in [2.24, 2.45) is 11.5 Å². The van der Waals surface area contributed by atoms with Crippen molar-refractivity contribution in [3.63, 3.8) is 0 Å². The largest absolute Gasteiger partial charge is 0.435 e. The van der Waals surface area contributed by atoms with Crippen LogP contribution in [0.25, 0.3) is 0 Å². The summed E-state index contributed by atoms with van der Waals surface area (Å²) in [6, 6.07) is 6.02. The molecule has 1 heterocycles. The Labute approximate surface area is 183 Å². The standard InChI is InChI=1S/C20H26F2N6O2S/c1-25-16(24)10-9-14(23)6-2-3-8-18-27-28-20(31-18)26-17(29)12-13-5-4-7-15(11-13)30-19(21)22/h4-5,7,9-11,19,25H,2-3,6,8,12,23-24H2,1H3,(H,26,28,29)/b14-9-,16-10+. The summed E-state index contributed by atoms with van der Waals surface area (Å²) in [4.78, 5) is 12.2. The maximum atomic E-state index is 12.3. The van der Waals surface area contributed by atoms with E-state index in [0.29, 0.717) is 16.5 Å². The smallest absolute Gasteiger partial charge is 0.387 e. The molecule has 1 aromatic heterocycles. The number of benzene rings is 1. The lowest BCUT2D eigenvalue weighted by atomic mass is 10.1. The number of aromatic nitrogens is 2. The van der Waals surface area contributed by atoms with Gasteiger partial charge in [0.05, 0.1) is 12.2 Å². The number of alkyl halides is 2. The molecule has 0 radical (unpaired) electrons. The number of ether oxygens (including phenoxy) is 1. The molecular weight excluding hydrogens is 426 g/mol.